The van der Waals surface area contributed by atoms with Gasteiger partial charge in [0.05, 0.1) is 10.6 Å². The minimum atomic E-state index is -1.04. The number of rotatable bonds is 4. The molecule has 0 aliphatic carbocycles. The van der Waals surface area contributed by atoms with E-state index in [4.69, 9.17) is 11.6 Å². The van der Waals surface area contributed by atoms with Crippen molar-refractivity contribution in [3.8, 4) is 11.3 Å². The molecule has 1 aromatic heterocycles. The third-order valence-electron chi connectivity index (χ3n) is 4.61. The molecular formula is C22H18ClN5O3S. The van der Waals surface area contributed by atoms with Gasteiger partial charge >= 0.3 is 0 Å². The first-order chi connectivity index (χ1) is 15.3. The number of carbonyl (C=O) groups excluding carboxylic acids is 3. The first kappa shape index (κ1) is 21.7. The maximum Gasteiger partial charge on any atom is 0.256 e. The van der Waals surface area contributed by atoms with Crippen molar-refractivity contribution in [1.82, 2.24) is 15.3 Å². The summed E-state index contributed by atoms with van der Waals surface area (Å²) in [4.78, 5) is 42.4. The van der Waals surface area contributed by atoms with Crippen LogP contribution < -0.4 is 10.6 Å². The SMILES string of the molecule is CC(=O)Nc1nc(-c2ccccc2)c(C2C(=O)NC(c3ccc(Cl)cc3)=NN2C(C)=O)s1. The fourth-order valence-corrected chi connectivity index (χ4v) is 4.48. The zero-order valence-electron chi connectivity index (χ0n) is 17.1. The van der Waals surface area contributed by atoms with E-state index in [0.717, 1.165) is 21.9 Å². The molecule has 8 nitrogen and oxygen atoms in total. The lowest BCUT2D eigenvalue weighted by atomic mass is 10.1. The smallest absolute Gasteiger partial charge is 0.256 e. The Bertz CT molecular complexity index is 1220. The zero-order chi connectivity index (χ0) is 22.8. The fraction of sp³-hybridized carbons (Fsp3) is 0.136. The molecule has 1 atom stereocenters. The molecule has 0 bridgehead atoms. The van der Waals surface area contributed by atoms with E-state index in [9.17, 15) is 14.4 Å². The van der Waals surface area contributed by atoms with E-state index in [1.165, 1.54) is 13.8 Å². The van der Waals surface area contributed by atoms with Gasteiger partial charge in [0.25, 0.3) is 5.91 Å². The van der Waals surface area contributed by atoms with Crippen LogP contribution in [-0.2, 0) is 14.4 Å². The number of halogens is 1. The molecule has 0 saturated heterocycles. The summed E-state index contributed by atoms with van der Waals surface area (Å²) in [7, 11) is 0. The van der Waals surface area contributed by atoms with Gasteiger partial charge in [-0.25, -0.2) is 9.99 Å². The second-order valence-electron chi connectivity index (χ2n) is 6.99. The van der Waals surface area contributed by atoms with Gasteiger partial charge in [-0.15, -0.1) is 0 Å². The van der Waals surface area contributed by atoms with Gasteiger partial charge in [0, 0.05) is 30.0 Å². The van der Waals surface area contributed by atoms with Crippen molar-refractivity contribution in [2.75, 3.05) is 5.32 Å². The lowest BCUT2D eigenvalue weighted by Gasteiger charge is -2.30. The summed E-state index contributed by atoms with van der Waals surface area (Å²) in [6.07, 6.45) is 0. The molecule has 2 N–H and O–H groups in total. The molecule has 10 heteroatoms. The molecule has 162 valence electrons. The molecule has 1 unspecified atom stereocenters. The van der Waals surface area contributed by atoms with Gasteiger partial charge in [-0.1, -0.05) is 53.3 Å². The van der Waals surface area contributed by atoms with Crippen molar-refractivity contribution < 1.29 is 14.4 Å². The van der Waals surface area contributed by atoms with Crippen LogP contribution in [0.5, 0.6) is 0 Å². The van der Waals surface area contributed by atoms with Crippen LogP contribution in [0.4, 0.5) is 5.13 Å². The molecule has 0 spiro atoms. The number of nitrogens with one attached hydrogen (secondary N) is 2. The van der Waals surface area contributed by atoms with E-state index in [0.29, 0.717) is 26.3 Å². The fourth-order valence-electron chi connectivity index (χ4n) is 3.23. The van der Waals surface area contributed by atoms with E-state index in [2.05, 4.69) is 20.7 Å². The highest BCUT2D eigenvalue weighted by Gasteiger charge is 2.38. The van der Waals surface area contributed by atoms with Crippen LogP contribution >= 0.6 is 22.9 Å². The standard InChI is InChI=1S/C22H18ClN5O3S/c1-12(29)24-22-25-17(14-6-4-3-5-7-14)19(32-22)18-21(31)26-20(27-28(18)13(2)30)15-8-10-16(23)11-9-15/h3-11,18H,1-2H3,(H,24,25,29)(H,26,27,31). The number of hydrogen-bond donors (Lipinski definition) is 2. The number of amidine groups is 1. The normalized spacial score (nSPS) is 15.7. The van der Waals surface area contributed by atoms with E-state index in [1.807, 2.05) is 30.3 Å². The van der Waals surface area contributed by atoms with Crippen molar-refractivity contribution in [3.63, 3.8) is 0 Å². The van der Waals surface area contributed by atoms with Crippen LogP contribution in [0, 0.1) is 0 Å². The van der Waals surface area contributed by atoms with Crippen molar-refractivity contribution in [3.05, 3.63) is 70.1 Å². The number of hydrazone groups is 1. The van der Waals surface area contributed by atoms with E-state index in [1.54, 1.807) is 24.3 Å². The molecule has 3 aromatic rings. The lowest BCUT2D eigenvalue weighted by molar-refractivity contribution is -0.139. The largest absolute Gasteiger partial charge is 0.307 e. The van der Waals surface area contributed by atoms with Gasteiger partial charge in [0.2, 0.25) is 11.8 Å². The molecule has 1 aliphatic heterocycles. The maximum absolute atomic E-state index is 13.3. The summed E-state index contributed by atoms with van der Waals surface area (Å²) in [5, 5.41) is 11.9. The molecule has 32 heavy (non-hydrogen) atoms. The minimum absolute atomic E-state index is 0.242. The maximum atomic E-state index is 13.3. The van der Waals surface area contributed by atoms with Crippen LogP contribution in [0.2, 0.25) is 5.02 Å². The van der Waals surface area contributed by atoms with Crippen molar-refractivity contribution in [2.45, 2.75) is 19.9 Å². The third kappa shape index (κ3) is 4.39. The summed E-state index contributed by atoms with van der Waals surface area (Å²) in [5.41, 5.74) is 1.86. The Morgan fingerprint density at radius 1 is 1.06 bits per heavy atom. The molecule has 2 aromatic carbocycles. The highest BCUT2D eigenvalue weighted by atomic mass is 35.5. The predicted molar refractivity (Wildman–Crippen MR) is 123 cm³/mol. The van der Waals surface area contributed by atoms with E-state index < -0.39 is 17.9 Å². The van der Waals surface area contributed by atoms with Gasteiger partial charge in [0.15, 0.2) is 17.0 Å². The van der Waals surface area contributed by atoms with Crippen LogP contribution in [0.3, 0.4) is 0 Å². The molecule has 1 aliphatic rings. The average Bonchev–Trinajstić information content (AvgIpc) is 3.16. The topological polar surface area (TPSA) is 104 Å². The van der Waals surface area contributed by atoms with Crippen molar-refractivity contribution in [1.29, 1.82) is 0 Å². The monoisotopic (exact) mass is 467 g/mol. The Morgan fingerprint density at radius 3 is 2.38 bits per heavy atom. The average molecular weight is 468 g/mol. The summed E-state index contributed by atoms with van der Waals surface area (Å²) < 4.78 is 0. The first-order valence-corrected chi connectivity index (χ1v) is 10.8. The lowest BCUT2D eigenvalue weighted by Crippen LogP contribution is -2.48. The summed E-state index contributed by atoms with van der Waals surface area (Å²) in [5.74, 6) is -0.893. The number of carbonyl (C=O) groups is 3. The Morgan fingerprint density at radius 2 is 1.75 bits per heavy atom. The number of aromatic nitrogens is 1. The zero-order valence-corrected chi connectivity index (χ0v) is 18.7. The van der Waals surface area contributed by atoms with Crippen LogP contribution in [0.1, 0.15) is 30.3 Å². The Labute approximate surface area is 192 Å². The van der Waals surface area contributed by atoms with Gasteiger partial charge in [-0.3, -0.25) is 14.4 Å². The molecule has 0 radical (unpaired) electrons. The van der Waals surface area contributed by atoms with Crippen LogP contribution in [0.15, 0.2) is 59.7 Å². The van der Waals surface area contributed by atoms with Gasteiger partial charge in [-0.2, -0.15) is 5.10 Å². The molecule has 0 fully saturated rings. The second kappa shape index (κ2) is 8.89. The highest BCUT2D eigenvalue weighted by Crippen LogP contribution is 2.39. The molecule has 4 rings (SSSR count). The van der Waals surface area contributed by atoms with Crippen LogP contribution in [-0.4, -0.2) is 33.6 Å². The minimum Gasteiger partial charge on any atom is -0.307 e. The Kier molecular flexibility index (Phi) is 6.02. The Hall–Kier alpha value is -3.56. The first-order valence-electron chi connectivity index (χ1n) is 9.62. The van der Waals surface area contributed by atoms with Crippen molar-refractivity contribution in [2.24, 2.45) is 5.10 Å². The quantitative estimate of drug-likeness (QED) is 0.608. The number of anilines is 1. The van der Waals surface area contributed by atoms with E-state index >= 15 is 0 Å². The summed E-state index contributed by atoms with van der Waals surface area (Å²) >= 11 is 7.08. The predicted octanol–water partition coefficient (Wildman–Crippen LogP) is 3.80. The number of nitrogens with zero attached hydrogens (tertiary/aromatic N) is 3. The molecule has 0 saturated carbocycles. The summed E-state index contributed by atoms with van der Waals surface area (Å²) in [6.45, 7) is 2.72. The van der Waals surface area contributed by atoms with Gasteiger partial charge in [-0.05, 0) is 24.3 Å². The van der Waals surface area contributed by atoms with Gasteiger partial charge in [0.1, 0.15) is 0 Å². The van der Waals surface area contributed by atoms with E-state index in [-0.39, 0.29) is 11.7 Å². The third-order valence-corrected chi connectivity index (χ3v) is 5.89. The van der Waals surface area contributed by atoms with Gasteiger partial charge < -0.3 is 10.6 Å². The number of benzene rings is 2. The Balaban J connectivity index is 1.82. The molecule has 2 heterocycles. The molecular weight excluding hydrogens is 450 g/mol. The number of hydrogen-bond acceptors (Lipinski definition) is 6. The van der Waals surface area contributed by atoms with Crippen molar-refractivity contribution >= 4 is 51.6 Å². The number of amides is 3. The highest BCUT2D eigenvalue weighted by molar-refractivity contribution is 7.16. The molecule has 3 amide bonds. The second-order valence-corrected chi connectivity index (χ2v) is 8.46. The number of thiazole rings is 1. The van der Waals surface area contributed by atoms with Crippen LogP contribution in [0.25, 0.3) is 11.3 Å². The summed E-state index contributed by atoms with van der Waals surface area (Å²) in [6, 6.07) is 15.0.